The Morgan fingerprint density at radius 3 is 2.60 bits per heavy atom. The highest BCUT2D eigenvalue weighted by Crippen LogP contribution is 2.50. The molecule has 2 rings (SSSR count). The number of hydrogen-bond donors (Lipinski definition) is 2. The molecule has 1 heterocycles. The summed E-state index contributed by atoms with van der Waals surface area (Å²) >= 11 is 0. The molecule has 4 heteroatoms. The molecule has 1 aromatic heterocycles. The lowest BCUT2D eigenvalue weighted by Gasteiger charge is -2.11. The first-order chi connectivity index (χ1) is 9.33. The van der Waals surface area contributed by atoms with Crippen LogP contribution in [-0.2, 0) is 0 Å². The molecule has 1 atom stereocenters. The molecule has 4 nitrogen and oxygen atoms in total. The van der Waals surface area contributed by atoms with Gasteiger partial charge in [0.05, 0.1) is 0 Å². The highest BCUT2D eigenvalue weighted by molar-refractivity contribution is 5.95. The van der Waals surface area contributed by atoms with Crippen LogP contribution in [0.15, 0.2) is 12.1 Å². The fourth-order valence-corrected chi connectivity index (χ4v) is 2.35. The van der Waals surface area contributed by atoms with Crippen molar-refractivity contribution in [3.63, 3.8) is 0 Å². The van der Waals surface area contributed by atoms with E-state index in [2.05, 4.69) is 43.3 Å². The zero-order valence-electron chi connectivity index (χ0n) is 13.1. The molecule has 2 N–H and O–H groups in total. The van der Waals surface area contributed by atoms with Crippen molar-refractivity contribution in [3.05, 3.63) is 23.4 Å². The first kappa shape index (κ1) is 14.8. The fraction of sp³-hybridized carbons (Fsp3) is 0.625. The van der Waals surface area contributed by atoms with Gasteiger partial charge in [0, 0.05) is 24.8 Å². The fourth-order valence-electron chi connectivity index (χ4n) is 2.35. The Bertz CT molecular complexity index is 508. The average Bonchev–Trinajstić information content (AvgIpc) is 3.02. The van der Waals surface area contributed by atoms with Crippen molar-refractivity contribution in [1.82, 2.24) is 10.3 Å². The average molecular weight is 275 g/mol. The van der Waals surface area contributed by atoms with Gasteiger partial charge in [-0.25, -0.2) is 4.98 Å². The molecule has 20 heavy (non-hydrogen) atoms. The van der Waals surface area contributed by atoms with E-state index in [1.54, 1.807) is 6.07 Å². The van der Waals surface area contributed by atoms with Crippen molar-refractivity contribution in [2.24, 2.45) is 11.3 Å². The molecule has 110 valence electrons. The minimum atomic E-state index is -0.00602. The molecule has 1 aromatic rings. The predicted molar refractivity (Wildman–Crippen MR) is 82.1 cm³/mol. The summed E-state index contributed by atoms with van der Waals surface area (Å²) in [6.45, 7) is 9.41. The van der Waals surface area contributed by atoms with Gasteiger partial charge >= 0.3 is 0 Å². The molecule has 1 aliphatic rings. The van der Waals surface area contributed by atoms with Crippen LogP contribution in [0, 0.1) is 11.3 Å². The van der Waals surface area contributed by atoms with E-state index in [0.717, 1.165) is 18.1 Å². The second-order valence-corrected chi connectivity index (χ2v) is 6.67. The monoisotopic (exact) mass is 275 g/mol. The largest absolute Gasteiger partial charge is 0.373 e. The van der Waals surface area contributed by atoms with Crippen LogP contribution in [0.2, 0.25) is 0 Å². The number of aromatic nitrogens is 1. The van der Waals surface area contributed by atoms with Crippen molar-refractivity contribution >= 4 is 11.7 Å². The van der Waals surface area contributed by atoms with Crippen molar-refractivity contribution < 1.29 is 4.79 Å². The number of anilines is 1. The molecule has 1 amide bonds. The maximum atomic E-state index is 12.3. The summed E-state index contributed by atoms with van der Waals surface area (Å²) in [6.07, 6.45) is 1.20. The van der Waals surface area contributed by atoms with E-state index >= 15 is 0 Å². The van der Waals surface area contributed by atoms with Gasteiger partial charge in [0.15, 0.2) is 0 Å². The van der Waals surface area contributed by atoms with Crippen LogP contribution in [0.25, 0.3) is 0 Å². The minimum absolute atomic E-state index is 0.00602. The molecule has 1 fully saturated rings. The number of nitrogens with zero attached hydrogens (tertiary/aromatic N) is 1. The highest BCUT2D eigenvalue weighted by Gasteiger charge is 2.45. The normalized spacial score (nSPS) is 19.8. The van der Waals surface area contributed by atoms with Crippen LogP contribution in [0.5, 0.6) is 0 Å². The molecule has 1 saturated carbocycles. The van der Waals surface area contributed by atoms with Gasteiger partial charge in [-0.05, 0) is 35.8 Å². The van der Waals surface area contributed by atoms with E-state index in [0.29, 0.717) is 22.8 Å². The summed E-state index contributed by atoms with van der Waals surface area (Å²) < 4.78 is 0. The van der Waals surface area contributed by atoms with Gasteiger partial charge in [0.1, 0.15) is 5.82 Å². The van der Waals surface area contributed by atoms with E-state index in [-0.39, 0.29) is 5.91 Å². The van der Waals surface area contributed by atoms with Gasteiger partial charge in [-0.15, -0.1) is 0 Å². The third kappa shape index (κ3) is 3.30. The summed E-state index contributed by atoms with van der Waals surface area (Å²) in [7, 11) is 1.82. The minimum Gasteiger partial charge on any atom is -0.373 e. The number of carbonyl (C=O) groups excluding carboxylic acids is 1. The van der Waals surface area contributed by atoms with E-state index in [4.69, 9.17) is 0 Å². The Labute approximate surface area is 121 Å². The number of hydrogen-bond acceptors (Lipinski definition) is 3. The Kier molecular flexibility index (Phi) is 4.02. The number of amides is 1. The van der Waals surface area contributed by atoms with E-state index in [1.807, 2.05) is 13.1 Å². The summed E-state index contributed by atoms with van der Waals surface area (Å²) in [5, 5.41) is 6.06. The number of carbonyl (C=O) groups is 1. The zero-order chi connectivity index (χ0) is 14.9. The molecule has 1 unspecified atom stereocenters. The molecule has 0 spiro atoms. The van der Waals surface area contributed by atoms with Crippen LogP contribution >= 0.6 is 0 Å². The van der Waals surface area contributed by atoms with Crippen LogP contribution in [-0.4, -0.2) is 24.5 Å². The molecule has 0 aliphatic heterocycles. The van der Waals surface area contributed by atoms with Crippen molar-refractivity contribution in [2.45, 2.75) is 40.0 Å². The smallest absolute Gasteiger partial charge is 0.251 e. The van der Waals surface area contributed by atoms with Crippen LogP contribution in [0.1, 0.15) is 56.1 Å². The third-order valence-corrected chi connectivity index (χ3v) is 4.18. The number of pyridine rings is 1. The Balaban J connectivity index is 2.06. The zero-order valence-corrected chi connectivity index (χ0v) is 13.1. The van der Waals surface area contributed by atoms with Crippen molar-refractivity contribution in [1.29, 1.82) is 0 Å². The molecule has 0 saturated heterocycles. The second kappa shape index (κ2) is 5.43. The summed E-state index contributed by atoms with van der Waals surface area (Å²) in [4.78, 5) is 16.7. The van der Waals surface area contributed by atoms with E-state index in [9.17, 15) is 4.79 Å². The van der Waals surface area contributed by atoms with E-state index < -0.39 is 0 Å². The van der Waals surface area contributed by atoms with Gasteiger partial charge in [0.25, 0.3) is 5.91 Å². The lowest BCUT2D eigenvalue weighted by Crippen LogP contribution is -2.27. The van der Waals surface area contributed by atoms with Gasteiger partial charge < -0.3 is 10.6 Å². The maximum absolute atomic E-state index is 12.3. The maximum Gasteiger partial charge on any atom is 0.251 e. The standard InChI is InChI=1S/C16H25N3O/c1-10(2)13-6-11(7-14(17-5)19-13)15(20)18-9-12-8-16(12,3)4/h6-7,10,12H,8-9H2,1-5H3,(H,17,19)(H,18,20). The van der Waals surface area contributed by atoms with Gasteiger partial charge in [-0.3, -0.25) is 4.79 Å². The lowest BCUT2D eigenvalue weighted by atomic mass is 10.1. The van der Waals surface area contributed by atoms with Crippen LogP contribution < -0.4 is 10.6 Å². The van der Waals surface area contributed by atoms with E-state index in [1.165, 1.54) is 6.42 Å². The first-order valence-electron chi connectivity index (χ1n) is 7.31. The van der Waals surface area contributed by atoms with Gasteiger partial charge in [-0.2, -0.15) is 0 Å². The van der Waals surface area contributed by atoms with Gasteiger partial charge in [0.2, 0.25) is 0 Å². The first-order valence-corrected chi connectivity index (χ1v) is 7.31. The predicted octanol–water partition coefficient (Wildman–Crippen LogP) is 3.02. The highest BCUT2D eigenvalue weighted by atomic mass is 16.1. The summed E-state index contributed by atoms with van der Waals surface area (Å²) in [5.41, 5.74) is 2.02. The van der Waals surface area contributed by atoms with Crippen LogP contribution in [0.4, 0.5) is 5.82 Å². The van der Waals surface area contributed by atoms with Crippen molar-refractivity contribution in [2.75, 3.05) is 18.9 Å². The second-order valence-electron chi connectivity index (χ2n) is 6.67. The molecule has 0 aromatic carbocycles. The number of rotatable bonds is 5. The Morgan fingerprint density at radius 1 is 1.45 bits per heavy atom. The Morgan fingerprint density at radius 2 is 2.10 bits per heavy atom. The summed E-state index contributed by atoms with van der Waals surface area (Å²) in [6, 6.07) is 3.69. The molecule has 0 bridgehead atoms. The molecular weight excluding hydrogens is 250 g/mol. The third-order valence-electron chi connectivity index (χ3n) is 4.18. The van der Waals surface area contributed by atoms with Gasteiger partial charge in [-0.1, -0.05) is 27.7 Å². The molecule has 0 radical (unpaired) electrons. The quantitative estimate of drug-likeness (QED) is 0.868. The molecular formula is C16H25N3O. The summed E-state index contributed by atoms with van der Waals surface area (Å²) in [5.74, 6) is 1.65. The lowest BCUT2D eigenvalue weighted by molar-refractivity contribution is 0.0950. The Hall–Kier alpha value is -1.58. The topological polar surface area (TPSA) is 54.0 Å². The SMILES string of the molecule is CNc1cc(C(=O)NCC2CC2(C)C)cc(C(C)C)n1. The number of nitrogens with one attached hydrogen (secondary N) is 2. The molecule has 1 aliphatic carbocycles. The van der Waals surface area contributed by atoms with Crippen molar-refractivity contribution in [3.8, 4) is 0 Å². The van der Waals surface area contributed by atoms with Crippen LogP contribution in [0.3, 0.4) is 0 Å².